The average molecular weight is 600 g/mol. The molecule has 196 valence electrons. The van der Waals surface area contributed by atoms with Gasteiger partial charge in [-0.2, -0.15) is 4.98 Å². The summed E-state index contributed by atoms with van der Waals surface area (Å²) in [6.45, 7) is 4.72. The van der Waals surface area contributed by atoms with Gasteiger partial charge in [-0.15, -0.1) is 0 Å². The van der Waals surface area contributed by atoms with Crippen LogP contribution in [0.2, 0.25) is 0 Å². The molecule has 0 atom stereocenters. The molecule has 1 fully saturated rings. The number of ether oxygens (including phenoxy) is 3. The fourth-order valence-corrected chi connectivity index (χ4v) is 5.20. The Bertz CT molecular complexity index is 1490. The first kappa shape index (κ1) is 25.9. The van der Waals surface area contributed by atoms with E-state index >= 15 is 0 Å². The number of carbonyl (C=O) groups is 1. The van der Waals surface area contributed by atoms with Crippen molar-refractivity contribution in [2.24, 2.45) is 0 Å². The molecule has 2 aromatic carbocycles. The van der Waals surface area contributed by atoms with Crippen LogP contribution in [0.5, 0.6) is 22.4 Å². The van der Waals surface area contributed by atoms with E-state index in [4.69, 9.17) is 14.2 Å². The number of piperidine rings is 1. The van der Waals surface area contributed by atoms with Crippen molar-refractivity contribution in [2.45, 2.75) is 18.9 Å². The summed E-state index contributed by atoms with van der Waals surface area (Å²) < 4.78 is 33.1. The van der Waals surface area contributed by atoms with E-state index in [1.165, 1.54) is 29.8 Å². The van der Waals surface area contributed by atoms with Crippen LogP contribution < -0.4 is 19.5 Å². The predicted molar refractivity (Wildman–Crippen MR) is 146 cm³/mol. The number of benzene rings is 2. The predicted octanol–water partition coefficient (Wildman–Crippen LogP) is 6.09. The Kier molecular flexibility index (Phi) is 7.70. The first-order valence-corrected chi connectivity index (χ1v) is 13.4. The molecule has 0 spiro atoms. The van der Waals surface area contributed by atoms with E-state index in [-0.39, 0.29) is 17.7 Å². The van der Waals surface area contributed by atoms with Crippen LogP contribution in [0.4, 0.5) is 15.9 Å². The molecule has 1 N–H and O–H groups in total. The number of fused-ring (bicyclic) bond motifs is 1. The lowest BCUT2D eigenvalue weighted by Gasteiger charge is -2.31. The van der Waals surface area contributed by atoms with Crippen LogP contribution in [-0.4, -0.2) is 52.1 Å². The molecule has 5 rings (SSSR count). The minimum atomic E-state index is -0.518. The van der Waals surface area contributed by atoms with E-state index in [1.54, 1.807) is 41.7 Å². The highest BCUT2D eigenvalue weighted by molar-refractivity contribution is 9.10. The van der Waals surface area contributed by atoms with Gasteiger partial charge >= 0.3 is 0 Å². The molecular weight excluding hydrogens is 577 g/mol. The highest BCUT2D eigenvalue weighted by atomic mass is 79.9. The van der Waals surface area contributed by atoms with Crippen molar-refractivity contribution in [1.82, 2.24) is 19.9 Å². The number of likely N-dealkylation sites (tertiary alicyclic amines) is 1. The van der Waals surface area contributed by atoms with Crippen molar-refractivity contribution in [3.05, 3.63) is 65.1 Å². The van der Waals surface area contributed by atoms with Gasteiger partial charge < -0.3 is 24.4 Å². The van der Waals surface area contributed by atoms with Crippen LogP contribution in [0.15, 0.2) is 59.3 Å². The van der Waals surface area contributed by atoms with Gasteiger partial charge in [0.1, 0.15) is 34.4 Å². The summed E-state index contributed by atoms with van der Waals surface area (Å²) in [5, 5.41) is 5.87. The van der Waals surface area contributed by atoms with Gasteiger partial charge in [0.05, 0.1) is 18.3 Å². The fourth-order valence-electron chi connectivity index (χ4n) is 4.09. The Morgan fingerprint density at radius 1 is 1.24 bits per heavy atom. The molecule has 0 aliphatic carbocycles. The quantitative estimate of drug-likeness (QED) is 0.243. The van der Waals surface area contributed by atoms with Crippen LogP contribution in [0.3, 0.4) is 0 Å². The van der Waals surface area contributed by atoms with Crippen molar-refractivity contribution in [1.29, 1.82) is 0 Å². The number of halogens is 2. The number of hydrogen-bond acceptors (Lipinski definition) is 9. The Morgan fingerprint density at radius 2 is 2.05 bits per heavy atom. The van der Waals surface area contributed by atoms with Gasteiger partial charge in [0.15, 0.2) is 11.5 Å². The number of rotatable bonds is 8. The molecule has 12 heteroatoms. The molecule has 1 amide bonds. The number of carbonyl (C=O) groups excluding carboxylic acids is 1. The van der Waals surface area contributed by atoms with E-state index in [0.717, 1.165) is 0 Å². The molecule has 0 saturated carbocycles. The van der Waals surface area contributed by atoms with Crippen molar-refractivity contribution in [3.8, 4) is 22.4 Å². The Labute approximate surface area is 230 Å². The third kappa shape index (κ3) is 5.70. The zero-order valence-electron chi connectivity index (χ0n) is 20.3. The summed E-state index contributed by atoms with van der Waals surface area (Å²) in [4.78, 5) is 26.5. The highest BCUT2D eigenvalue weighted by Crippen LogP contribution is 2.37. The standard InChI is InChI=1S/C26H23BrFN5O4S/c1-3-24(34)33-8-6-15(7-9-33)36-22-11-17-20(12-21(22)35-2)29-14-30-25(17)31-19-5-4-16(10-18(19)28)37-26-32-23(27)13-38-26/h3-5,10-15H,1,6-9H2,2H3,(H,29,30,31). The van der Waals surface area contributed by atoms with Gasteiger partial charge in [-0.1, -0.05) is 17.9 Å². The van der Waals surface area contributed by atoms with Crippen LogP contribution in [0.1, 0.15) is 12.8 Å². The summed E-state index contributed by atoms with van der Waals surface area (Å²) in [6.07, 6.45) is 3.97. The van der Waals surface area contributed by atoms with Crippen molar-refractivity contribution < 1.29 is 23.4 Å². The van der Waals surface area contributed by atoms with Crippen molar-refractivity contribution >= 4 is 55.6 Å². The minimum Gasteiger partial charge on any atom is -0.493 e. The molecule has 0 bridgehead atoms. The molecule has 2 aromatic heterocycles. The lowest BCUT2D eigenvalue weighted by Crippen LogP contribution is -2.41. The largest absolute Gasteiger partial charge is 0.493 e. The molecular formula is C26H23BrFN5O4S. The molecule has 1 aliphatic rings. The second-order valence-corrected chi connectivity index (χ2v) is 10.0. The zero-order chi connectivity index (χ0) is 26.6. The molecule has 4 aromatic rings. The maximum Gasteiger partial charge on any atom is 0.279 e. The number of amides is 1. The van der Waals surface area contributed by atoms with Gasteiger partial charge in [0, 0.05) is 48.8 Å². The van der Waals surface area contributed by atoms with Crippen molar-refractivity contribution in [3.63, 3.8) is 0 Å². The second-order valence-electron chi connectivity index (χ2n) is 8.39. The Morgan fingerprint density at radius 3 is 2.74 bits per heavy atom. The van der Waals surface area contributed by atoms with Crippen LogP contribution >= 0.6 is 27.3 Å². The topological polar surface area (TPSA) is 98.7 Å². The minimum absolute atomic E-state index is 0.0808. The first-order chi connectivity index (χ1) is 18.4. The number of aromatic nitrogens is 3. The van der Waals surface area contributed by atoms with Gasteiger partial charge in [0.2, 0.25) is 5.91 Å². The molecule has 9 nitrogen and oxygen atoms in total. The van der Waals surface area contributed by atoms with Crippen LogP contribution in [0, 0.1) is 5.82 Å². The second kappa shape index (κ2) is 11.3. The number of thiazole rings is 1. The van der Waals surface area contributed by atoms with Gasteiger partial charge in [-0.05, 0) is 40.2 Å². The van der Waals surface area contributed by atoms with E-state index in [9.17, 15) is 9.18 Å². The summed E-state index contributed by atoms with van der Waals surface area (Å²) in [5.74, 6) is 1.17. The van der Waals surface area contributed by atoms with Gasteiger partial charge in [-0.25, -0.2) is 14.4 Å². The van der Waals surface area contributed by atoms with Gasteiger partial charge in [-0.3, -0.25) is 4.79 Å². The SMILES string of the molecule is C=CC(=O)N1CCC(Oc2cc3c(Nc4ccc(Oc5nc(Br)cs5)cc4F)ncnc3cc2OC)CC1. The summed E-state index contributed by atoms with van der Waals surface area (Å²) in [6, 6.07) is 8.04. The van der Waals surface area contributed by atoms with Gasteiger partial charge in [0.25, 0.3) is 5.19 Å². The smallest absolute Gasteiger partial charge is 0.279 e. The van der Waals surface area contributed by atoms with Crippen LogP contribution in [-0.2, 0) is 4.79 Å². The number of nitrogens with one attached hydrogen (secondary N) is 1. The molecule has 1 aliphatic heterocycles. The molecule has 0 unspecified atom stereocenters. The monoisotopic (exact) mass is 599 g/mol. The molecule has 0 radical (unpaired) electrons. The summed E-state index contributed by atoms with van der Waals surface area (Å²) >= 11 is 4.57. The van der Waals surface area contributed by atoms with E-state index in [2.05, 4.69) is 42.8 Å². The van der Waals surface area contributed by atoms with Crippen LogP contribution in [0.25, 0.3) is 10.9 Å². The highest BCUT2D eigenvalue weighted by Gasteiger charge is 2.24. The maximum atomic E-state index is 15.0. The number of methoxy groups -OCH3 is 1. The lowest BCUT2D eigenvalue weighted by atomic mass is 10.1. The van der Waals surface area contributed by atoms with E-state index < -0.39 is 5.82 Å². The lowest BCUT2D eigenvalue weighted by molar-refractivity contribution is -0.127. The average Bonchev–Trinajstić information content (AvgIpc) is 3.34. The number of nitrogens with zero attached hydrogens (tertiary/aromatic N) is 4. The molecule has 3 heterocycles. The number of hydrogen-bond donors (Lipinski definition) is 1. The molecule has 1 saturated heterocycles. The normalized spacial score (nSPS) is 13.8. The fraction of sp³-hybridized carbons (Fsp3) is 0.231. The summed E-state index contributed by atoms with van der Waals surface area (Å²) in [7, 11) is 1.56. The first-order valence-electron chi connectivity index (χ1n) is 11.7. The third-order valence-corrected chi connectivity index (χ3v) is 7.42. The Balaban J connectivity index is 1.37. The van der Waals surface area contributed by atoms with Crippen molar-refractivity contribution in [2.75, 3.05) is 25.5 Å². The maximum absolute atomic E-state index is 15.0. The summed E-state index contributed by atoms with van der Waals surface area (Å²) in [5.41, 5.74) is 0.822. The zero-order valence-corrected chi connectivity index (χ0v) is 22.7. The van der Waals surface area contributed by atoms with E-state index in [0.29, 0.717) is 69.7 Å². The third-order valence-electron chi connectivity index (χ3n) is 6.00. The molecule has 38 heavy (non-hydrogen) atoms. The Hall–Kier alpha value is -3.77. The number of anilines is 2. The van der Waals surface area contributed by atoms with E-state index in [1.807, 2.05) is 0 Å².